The van der Waals surface area contributed by atoms with E-state index in [1.807, 2.05) is 14.0 Å². The Hall–Kier alpha value is -1.13. The number of hydrogen-bond acceptors (Lipinski definition) is 2. The van der Waals surface area contributed by atoms with Gasteiger partial charge in [-0.25, -0.2) is 4.39 Å². The summed E-state index contributed by atoms with van der Waals surface area (Å²) in [6.45, 7) is 3.40. The summed E-state index contributed by atoms with van der Waals surface area (Å²) in [7, 11) is 1.88. The maximum absolute atomic E-state index is 13.5. The molecular weight excluding hydrogens is 267 g/mol. The van der Waals surface area contributed by atoms with Gasteiger partial charge in [-0.2, -0.15) is 0 Å². The average Bonchev–Trinajstić information content (AvgIpc) is 2.35. The largest absolute Gasteiger partial charge is 0.356 e. The van der Waals surface area contributed by atoms with Gasteiger partial charge in [0.1, 0.15) is 5.82 Å². The topological polar surface area (TPSA) is 41.1 Å². The lowest BCUT2D eigenvalue weighted by molar-refractivity contribution is -0.121. The van der Waals surface area contributed by atoms with Crippen LogP contribution >= 0.6 is 12.4 Å². The Labute approximate surface area is 120 Å². The predicted octanol–water partition coefficient (Wildman–Crippen LogP) is 2.47. The molecule has 1 rings (SSSR count). The molecule has 0 aliphatic carbocycles. The first-order chi connectivity index (χ1) is 8.65. The zero-order valence-corrected chi connectivity index (χ0v) is 12.2. The van der Waals surface area contributed by atoms with Gasteiger partial charge in [-0.15, -0.1) is 12.4 Å². The van der Waals surface area contributed by atoms with Gasteiger partial charge in [-0.05, 0) is 37.6 Å². The third-order valence-corrected chi connectivity index (χ3v) is 2.85. The molecule has 1 aromatic carbocycles. The summed E-state index contributed by atoms with van der Waals surface area (Å²) in [6.07, 6.45) is 1.22. The second kappa shape index (κ2) is 9.75. The number of benzene rings is 1. The van der Waals surface area contributed by atoms with Crippen molar-refractivity contribution in [3.8, 4) is 0 Å². The molecule has 0 radical (unpaired) electrons. The highest BCUT2D eigenvalue weighted by molar-refractivity contribution is 5.85. The molecule has 1 atom stereocenters. The summed E-state index contributed by atoms with van der Waals surface area (Å²) in [5, 5.41) is 5.85. The van der Waals surface area contributed by atoms with Crippen LogP contribution in [0.4, 0.5) is 4.39 Å². The van der Waals surface area contributed by atoms with Crippen molar-refractivity contribution in [3.05, 3.63) is 35.6 Å². The Morgan fingerprint density at radius 1 is 1.32 bits per heavy atom. The van der Waals surface area contributed by atoms with Crippen LogP contribution in [0.5, 0.6) is 0 Å². The lowest BCUT2D eigenvalue weighted by atomic mass is 9.97. The minimum atomic E-state index is -0.243. The van der Waals surface area contributed by atoms with E-state index < -0.39 is 0 Å². The van der Waals surface area contributed by atoms with Crippen molar-refractivity contribution in [1.82, 2.24) is 10.6 Å². The van der Waals surface area contributed by atoms with Crippen LogP contribution in [-0.4, -0.2) is 26.0 Å². The maximum Gasteiger partial charge on any atom is 0.220 e. The molecule has 19 heavy (non-hydrogen) atoms. The van der Waals surface area contributed by atoms with Crippen LogP contribution in [0.25, 0.3) is 0 Å². The molecule has 3 nitrogen and oxygen atoms in total. The van der Waals surface area contributed by atoms with Crippen LogP contribution in [-0.2, 0) is 4.79 Å². The van der Waals surface area contributed by atoms with Crippen molar-refractivity contribution >= 4 is 18.3 Å². The number of nitrogens with one attached hydrogen (secondary N) is 2. The molecule has 5 heteroatoms. The van der Waals surface area contributed by atoms with Gasteiger partial charge in [0, 0.05) is 13.0 Å². The van der Waals surface area contributed by atoms with Crippen molar-refractivity contribution in [2.24, 2.45) is 0 Å². The zero-order valence-electron chi connectivity index (χ0n) is 11.4. The van der Waals surface area contributed by atoms with E-state index in [2.05, 4.69) is 10.6 Å². The van der Waals surface area contributed by atoms with Gasteiger partial charge in [0.05, 0.1) is 0 Å². The van der Waals surface area contributed by atoms with Crippen LogP contribution in [0, 0.1) is 5.82 Å². The van der Waals surface area contributed by atoms with E-state index in [1.54, 1.807) is 18.2 Å². The fraction of sp³-hybridized carbons (Fsp3) is 0.500. The van der Waals surface area contributed by atoms with Gasteiger partial charge in [-0.3, -0.25) is 4.79 Å². The highest BCUT2D eigenvalue weighted by Crippen LogP contribution is 2.21. The average molecular weight is 289 g/mol. The van der Waals surface area contributed by atoms with Crippen LogP contribution in [0.15, 0.2) is 24.3 Å². The fourth-order valence-corrected chi connectivity index (χ4v) is 1.83. The standard InChI is InChI=1S/C14H21FN2O.ClH/c1-11(12-6-3-4-7-13(12)15)10-14(18)17-9-5-8-16-2;/h3-4,6-7,11,16H,5,8-10H2,1-2H3,(H,17,18);1H. The van der Waals surface area contributed by atoms with Crippen molar-refractivity contribution in [3.63, 3.8) is 0 Å². The monoisotopic (exact) mass is 288 g/mol. The Balaban J connectivity index is 0.00000324. The summed E-state index contributed by atoms with van der Waals surface area (Å²) in [4.78, 5) is 11.6. The molecular formula is C14H22ClFN2O. The van der Waals surface area contributed by atoms with Gasteiger partial charge >= 0.3 is 0 Å². The number of hydrogen-bond donors (Lipinski definition) is 2. The zero-order chi connectivity index (χ0) is 13.4. The van der Waals surface area contributed by atoms with Crippen LogP contribution in [0.1, 0.15) is 31.2 Å². The summed E-state index contributed by atoms with van der Waals surface area (Å²) >= 11 is 0. The first-order valence-corrected chi connectivity index (χ1v) is 6.31. The van der Waals surface area contributed by atoms with Crippen LogP contribution < -0.4 is 10.6 Å². The van der Waals surface area contributed by atoms with Gasteiger partial charge in [0.15, 0.2) is 0 Å². The lowest BCUT2D eigenvalue weighted by Crippen LogP contribution is -2.27. The molecule has 2 N–H and O–H groups in total. The first-order valence-electron chi connectivity index (χ1n) is 6.31. The molecule has 0 bridgehead atoms. The van der Waals surface area contributed by atoms with E-state index >= 15 is 0 Å². The SMILES string of the molecule is CNCCCNC(=O)CC(C)c1ccccc1F.Cl. The molecule has 0 saturated heterocycles. The van der Waals surface area contributed by atoms with Crippen molar-refractivity contribution in [1.29, 1.82) is 0 Å². The molecule has 108 valence electrons. The molecule has 0 spiro atoms. The Morgan fingerprint density at radius 2 is 2.00 bits per heavy atom. The number of carbonyl (C=O) groups excluding carboxylic acids is 1. The number of halogens is 2. The number of amides is 1. The third-order valence-electron chi connectivity index (χ3n) is 2.85. The quantitative estimate of drug-likeness (QED) is 0.757. The van der Waals surface area contributed by atoms with E-state index in [0.717, 1.165) is 13.0 Å². The maximum atomic E-state index is 13.5. The minimum absolute atomic E-state index is 0. The summed E-state index contributed by atoms with van der Waals surface area (Å²) in [5.74, 6) is -0.370. The van der Waals surface area contributed by atoms with Crippen molar-refractivity contribution in [2.45, 2.75) is 25.7 Å². The molecule has 0 aliphatic heterocycles. The third kappa shape index (κ3) is 6.55. The second-order valence-electron chi connectivity index (χ2n) is 4.43. The fourth-order valence-electron chi connectivity index (χ4n) is 1.83. The Bertz CT molecular complexity index is 387. The van der Waals surface area contributed by atoms with Gasteiger partial charge < -0.3 is 10.6 Å². The van der Waals surface area contributed by atoms with Gasteiger partial charge in [-0.1, -0.05) is 25.1 Å². The molecule has 0 fully saturated rings. The number of rotatable bonds is 7. The van der Waals surface area contributed by atoms with E-state index in [1.165, 1.54) is 6.07 Å². The summed E-state index contributed by atoms with van der Waals surface area (Å²) in [5.41, 5.74) is 0.600. The molecule has 1 unspecified atom stereocenters. The first kappa shape index (κ1) is 17.9. The predicted molar refractivity (Wildman–Crippen MR) is 78.2 cm³/mol. The minimum Gasteiger partial charge on any atom is -0.356 e. The van der Waals surface area contributed by atoms with E-state index in [0.29, 0.717) is 18.5 Å². The number of carbonyl (C=O) groups is 1. The smallest absolute Gasteiger partial charge is 0.220 e. The van der Waals surface area contributed by atoms with Crippen molar-refractivity contribution < 1.29 is 9.18 Å². The van der Waals surface area contributed by atoms with Gasteiger partial charge in [0.25, 0.3) is 0 Å². The van der Waals surface area contributed by atoms with E-state index in [9.17, 15) is 9.18 Å². The Kier molecular flexibility index (Phi) is 9.17. The molecule has 0 aromatic heterocycles. The molecule has 0 heterocycles. The van der Waals surface area contributed by atoms with E-state index in [4.69, 9.17) is 0 Å². The van der Waals surface area contributed by atoms with Crippen LogP contribution in [0.2, 0.25) is 0 Å². The highest BCUT2D eigenvalue weighted by Gasteiger charge is 2.13. The molecule has 0 saturated carbocycles. The van der Waals surface area contributed by atoms with E-state index in [-0.39, 0.29) is 30.0 Å². The van der Waals surface area contributed by atoms with Crippen molar-refractivity contribution in [2.75, 3.05) is 20.1 Å². The molecule has 0 aliphatic rings. The lowest BCUT2D eigenvalue weighted by Gasteiger charge is -2.12. The van der Waals surface area contributed by atoms with Crippen LogP contribution in [0.3, 0.4) is 0 Å². The summed E-state index contributed by atoms with van der Waals surface area (Å²) < 4.78 is 13.5. The van der Waals surface area contributed by atoms with Gasteiger partial charge in [0.2, 0.25) is 5.91 Å². The summed E-state index contributed by atoms with van der Waals surface area (Å²) in [6, 6.07) is 6.61. The normalized spacial score (nSPS) is 11.5. The second-order valence-corrected chi connectivity index (χ2v) is 4.43. The molecule has 1 aromatic rings. The molecule has 1 amide bonds. The highest BCUT2D eigenvalue weighted by atomic mass is 35.5. The Morgan fingerprint density at radius 3 is 2.63 bits per heavy atom.